The van der Waals surface area contributed by atoms with Crippen molar-refractivity contribution in [2.45, 2.75) is 26.8 Å². The largest absolute Gasteiger partial charge is 0.316 e. The van der Waals surface area contributed by atoms with Crippen LogP contribution in [0.3, 0.4) is 0 Å². The molecule has 0 aromatic heterocycles. The third-order valence-electron chi connectivity index (χ3n) is 3.17. The van der Waals surface area contributed by atoms with Crippen LogP contribution in [0.1, 0.15) is 37.9 Å². The van der Waals surface area contributed by atoms with E-state index in [1.807, 2.05) is 13.8 Å². The Morgan fingerprint density at radius 1 is 0.762 bits per heavy atom. The van der Waals surface area contributed by atoms with Gasteiger partial charge in [0.05, 0.1) is 6.04 Å². The van der Waals surface area contributed by atoms with Crippen molar-refractivity contribution in [3.63, 3.8) is 0 Å². The Balaban J connectivity index is 0.00000106. The Hall–Kier alpha value is -1.64. The molecule has 0 spiro atoms. The van der Waals surface area contributed by atoms with E-state index in [2.05, 4.69) is 78.2 Å². The Morgan fingerprint density at radius 3 is 1.67 bits per heavy atom. The summed E-state index contributed by atoms with van der Waals surface area (Å²) in [5, 5.41) is 6.97. The third-order valence-corrected chi connectivity index (χ3v) is 3.17. The molecule has 2 rings (SSSR count). The van der Waals surface area contributed by atoms with Crippen molar-refractivity contribution in [2.75, 3.05) is 19.6 Å². The van der Waals surface area contributed by atoms with Crippen molar-refractivity contribution in [3.8, 4) is 0 Å². The normalized spacial score (nSPS) is 10.1. The van der Waals surface area contributed by atoms with Gasteiger partial charge in [0.2, 0.25) is 0 Å². The summed E-state index contributed by atoms with van der Waals surface area (Å²) in [6, 6.07) is 21.5. The molecule has 0 saturated heterocycles. The second-order valence-corrected chi connectivity index (χ2v) is 4.56. The van der Waals surface area contributed by atoms with E-state index in [9.17, 15) is 0 Å². The molecule has 0 amide bonds. The molecule has 2 aromatic carbocycles. The molecule has 0 radical (unpaired) electrons. The van der Waals surface area contributed by atoms with E-state index in [0.29, 0.717) is 0 Å². The van der Waals surface area contributed by atoms with Gasteiger partial charge in [0.25, 0.3) is 0 Å². The number of benzene rings is 2. The van der Waals surface area contributed by atoms with Gasteiger partial charge in [-0.05, 0) is 17.7 Å². The molecule has 21 heavy (non-hydrogen) atoms. The van der Waals surface area contributed by atoms with Gasteiger partial charge in [0.15, 0.2) is 0 Å². The average Bonchev–Trinajstić information content (AvgIpc) is 2.58. The molecular formula is C19H28N2. The van der Waals surface area contributed by atoms with E-state index in [1.54, 1.807) is 0 Å². The standard InChI is InChI=1S/C17H22N2.C2H6/c1-2-18-13-14-19-17(15-9-5-3-6-10-15)16-11-7-4-8-12-16;1-2/h3-12,17-19H,2,13-14H2,1H3;1-2H3. The molecule has 114 valence electrons. The minimum atomic E-state index is 0.265. The van der Waals surface area contributed by atoms with Crippen LogP contribution in [0, 0.1) is 0 Å². The highest BCUT2D eigenvalue weighted by Crippen LogP contribution is 2.21. The molecule has 0 bridgehead atoms. The van der Waals surface area contributed by atoms with Gasteiger partial charge in [-0.1, -0.05) is 81.4 Å². The molecular weight excluding hydrogens is 256 g/mol. The summed E-state index contributed by atoms with van der Waals surface area (Å²) in [5.74, 6) is 0. The lowest BCUT2D eigenvalue weighted by Crippen LogP contribution is -2.30. The van der Waals surface area contributed by atoms with Crippen LogP contribution in [0.15, 0.2) is 60.7 Å². The van der Waals surface area contributed by atoms with Gasteiger partial charge in [-0.25, -0.2) is 0 Å². The van der Waals surface area contributed by atoms with Crippen molar-refractivity contribution in [1.29, 1.82) is 0 Å². The predicted octanol–water partition coefficient (Wildman–Crippen LogP) is 4.00. The minimum Gasteiger partial charge on any atom is -0.316 e. The first-order valence-corrected chi connectivity index (χ1v) is 7.96. The monoisotopic (exact) mass is 284 g/mol. The van der Waals surface area contributed by atoms with E-state index < -0.39 is 0 Å². The van der Waals surface area contributed by atoms with Gasteiger partial charge in [-0.3, -0.25) is 0 Å². The van der Waals surface area contributed by atoms with Crippen LogP contribution in [-0.4, -0.2) is 19.6 Å². The first kappa shape index (κ1) is 17.4. The zero-order chi connectivity index (χ0) is 15.3. The molecule has 2 aromatic rings. The number of hydrogen-bond acceptors (Lipinski definition) is 2. The smallest absolute Gasteiger partial charge is 0.0577 e. The summed E-state index contributed by atoms with van der Waals surface area (Å²) in [6.07, 6.45) is 0. The molecule has 0 aliphatic rings. The summed E-state index contributed by atoms with van der Waals surface area (Å²) in [7, 11) is 0. The number of nitrogens with one attached hydrogen (secondary N) is 2. The first-order valence-electron chi connectivity index (χ1n) is 7.96. The summed E-state index contributed by atoms with van der Waals surface area (Å²) >= 11 is 0. The van der Waals surface area contributed by atoms with Crippen LogP contribution in [0.2, 0.25) is 0 Å². The van der Waals surface area contributed by atoms with E-state index in [4.69, 9.17) is 0 Å². The zero-order valence-corrected chi connectivity index (χ0v) is 13.5. The quantitative estimate of drug-likeness (QED) is 0.751. The maximum Gasteiger partial charge on any atom is 0.0577 e. The average molecular weight is 284 g/mol. The molecule has 0 aliphatic carbocycles. The SMILES string of the molecule is CC.CCNCCNC(c1ccccc1)c1ccccc1. The summed E-state index contributed by atoms with van der Waals surface area (Å²) in [6.45, 7) is 9.10. The van der Waals surface area contributed by atoms with Gasteiger partial charge >= 0.3 is 0 Å². The molecule has 0 atom stereocenters. The zero-order valence-electron chi connectivity index (χ0n) is 13.5. The second kappa shape index (κ2) is 11.1. The third kappa shape index (κ3) is 6.11. The van der Waals surface area contributed by atoms with Gasteiger partial charge in [0.1, 0.15) is 0 Å². The van der Waals surface area contributed by atoms with Crippen LogP contribution in [0.4, 0.5) is 0 Å². The molecule has 2 N–H and O–H groups in total. The van der Waals surface area contributed by atoms with Crippen molar-refractivity contribution in [1.82, 2.24) is 10.6 Å². The number of likely N-dealkylation sites (N-methyl/N-ethyl adjacent to an activating group) is 1. The summed E-state index contributed by atoms with van der Waals surface area (Å²) < 4.78 is 0. The molecule has 0 fully saturated rings. The molecule has 0 unspecified atom stereocenters. The fraction of sp³-hybridized carbons (Fsp3) is 0.368. The lowest BCUT2D eigenvalue weighted by Gasteiger charge is -2.20. The molecule has 0 saturated carbocycles. The first-order chi connectivity index (χ1) is 10.4. The van der Waals surface area contributed by atoms with Gasteiger partial charge in [-0.15, -0.1) is 0 Å². The van der Waals surface area contributed by atoms with Crippen molar-refractivity contribution >= 4 is 0 Å². The Morgan fingerprint density at radius 2 is 1.24 bits per heavy atom. The summed E-state index contributed by atoms with van der Waals surface area (Å²) in [5.41, 5.74) is 2.62. The van der Waals surface area contributed by atoms with E-state index in [1.165, 1.54) is 11.1 Å². The topological polar surface area (TPSA) is 24.1 Å². The highest BCUT2D eigenvalue weighted by molar-refractivity contribution is 5.31. The van der Waals surface area contributed by atoms with Gasteiger partial charge < -0.3 is 10.6 Å². The van der Waals surface area contributed by atoms with E-state index >= 15 is 0 Å². The van der Waals surface area contributed by atoms with E-state index in [-0.39, 0.29) is 6.04 Å². The van der Waals surface area contributed by atoms with Gasteiger partial charge in [-0.2, -0.15) is 0 Å². The maximum atomic E-state index is 3.62. The van der Waals surface area contributed by atoms with Crippen molar-refractivity contribution in [2.24, 2.45) is 0 Å². The Kier molecular flexibility index (Phi) is 9.18. The lowest BCUT2D eigenvalue weighted by molar-refractivity contribution is 0.574. The van der Waals surface area contributed by atoms with Gasteiger partial charge in [0, 0.05) is 13.1 Å². The van der Waals surface area contributed by atoms with Crippen LogP contribution in [-0.2, 0) is 0 Å². The molecule has 0 aliphatic heterocycles. The van der Waals surface area contributed by atoms with Crippen LogP contribution in [0.25, 0.3) is 0 Å². The van der Waals surface area contributed by atoms with Crippen LogP contribution >= 0.6 is 0 Å². The molecule has 2 nitrogen and oxygen atoms in total. The number of rotatable bonds is 7. The second-order valence-electron chi connectivity index (χ2n) is 4.56. The molecule has 2 heteroatoms. The fourth-order valence-electron chi connectivity index (χ4n) is 2.20. The predicted molar refractivity (Wildman–Crippen MR) is 92.6 cm³/mol. The van der Waals surface area contributed by atoms with E-state index in [0.717, 1.165) is 19.6 Å². The highest BCUT2D eigenvalue weighted by Gasteiger charge is 2.11. The fourth-order valence-corrected chi connectivity index (χ4v) is 2.20. The number of hydrogen-bond donors (Lipinski definition) is 2. The Labute approximate surface area is 129 Å². The van der Waals surface area contributed by atoms with Crippen LogP contribution in [0.5, 0.6) is 0 Å². The highest BCUT2D eigenvalue weighted by atomic mass is 15.0. The van der Waals surface area contributed by atoms with Crippen molar-refractivity contribution in [3.05, 3.63) is 71.8 Å². The van der Waals surface area contributed by atoms with Crippen LogP contribution < -0.4 is 10.6 Å². The Bertz CT molecular complexity index is 414. The minimum absolute atomic E-state index is 0.265. The molecule has 0 heterocycles. The lowest BCUT2D eigenvalue weighted by atomic mass is 9.99. The maximum absolute atomic E-state index is 3.62. The summed E-state index contributed by atoms with van der Waals surface area (Å²) in [4.78, 5) is 0. The van der Waals surface area contributed by atoms with Crippen molar-refractivity contribution < 1.29 is 0 Å².